The molecule has 1 atom stereocenters. The summed E-state index contributed by atoms with van der Waals surface area (Å²) >= 11 is 3.07. The van der Waals surface area contributed by atoms with Gasteiger partial charge >= 0.3 is 0 Å². The smallest absolute Gasteiger partial charge is 0.259 e. The zero-order valence-electron chi connectivity index (χ0n) is 18.8. The van der Waals surface area contributed by atoms with Gasteiger partial charge in [-0.1, -0.05) is 11.8 Å². The van der Waals surface area contributed by atoms with Crippen LogP contribution in [0.25, 0.3) is 21.6 Å². The summed E-state index contributed by atoms with van der Waals surface area (Å²) in [4.78, 5) is 22.2. The molecule has 1 aliphatic heterocycles. The van der Waals surface area contributed by atoms with Gasteiger partial charge in [-0.2, -0.15) is 0 Å². The lowest BCUT2D eigenvalue weighted by Crippen LogP contribution is -2.17. The Morgan fingerprint density at radius 1 is 1.27 bits per heavy atom. The summed E-state index contributed by atoms with van der Waals surface area (Å²) in [6, 6.07) is 7.81. The third-order valence-electron chi connectivity index (χ3n) is 5.90. The molecule has 0 bridgehead atoms. The zero-order valence-corrected chi connectivity index (χ0v) is 20.4. The van der Waals surface area contributed by atoms with E-state index in [2.05, 4.69) is 19.7 Å². The molecule has 4 heterocycles. The fraction of sp³-hybridized carbons (Fsp3) is 0.391. The van der Waals surface area contributed by atoms with E-state index < -0.39 is 0 Å². The second-order valence-electron chi connectivity index (χ2n) is 8.05. The van der Waals surface area contributed by atoms with Crippen molar-refractivity contribution >= 4 is 33.3 Å². The van der Waals surface area contributed by atoms with Crippen LogP contribution in [0.15, 0.2) is 34.2 Å². The number of hydrogen-bond donors (Lipinski definition) is 1. The summed E-state index contributed by atoms with van der Waals surface area (Å²) in [6.45, 7) is 5.46. The summed E-state index contributed by atoms with van der Waals surface area (Å²) in [5.41, 5.74) is 1.88. The third-order valence-corrected chi connectivity index (χ3v) is 7.98. The topological polar surface area (TPSA) is 94.9 Å². The van der Waals surface area contributed by atoms with Gasteiger partial charge in [-0.3, -0.25) is 9.36 Å². The molecule has 1 aliphatic rings. The van der Waals surface area contributed by atoms with Crippen molar-refractivity contribution in [2.45, 2.75) is 50.2 Å². The van der Waals surface area contributed by atoms with Gasteiger partial charge < -0.3 is 14.5 Å². The van der Waals surface area contributed by atoms with E-state index in [4.69, 9.17) is 14.5 Å². The van der Waals surface area contributed by atoms with Crippen LogP contribution in [0.3, 0.4) is 0 Å². The molecule has 4 aromatic rings. The average molecular weight is 484 g/mol. The molecule has 0 amide bonds. The Labute approximate surface area is 199 Å². The van der Waals surface area contributed by atoms with Gasteiger partial charge in [0, 0.05) is 17.0 Å². The molecule has 0 spiro atoms. The molecule has 8 nitrogen and oxygen atoms in total. The molecule has 1 N–H and O–H groups in total. The molecule has 10 heteroatoms. The van der Waals surface area contributed by atoms with Crippen LogP contribution in [0.4, 0.5) is 0 Å². The van der Waals surface area contributed by atoms with Gasteiger partial charge in [-0.25, -0.2) is 4.98 Å². The Kier molecular flexibility index (Phi) is 6.22. The minimum atomic E-state index is -0.0859. The molecule has 1 aromatic carbocycles. The number of aromatic amines is 1. The lowest BCUT2D eigenvalue weighted by Gasteiger charge is -2.15. The van der Waals surface area contributed by atoms with Crippen LogP contribution < -0.4 is 10.3 Å². The van der Waals surface area contributed by atoms with Crippen molar-refractivity contribution in [2.24, 2.45) is 0 Å². The monoisotopic (exact) mass is 483 g/mol. The van der Waals surface area contributed by atoms with E-state index >= 15 is 0 Å². The molecular weight excluding hydrogens is 458 g/mol. The number of nitrogens with one attached hydrogen (secondary N) is 1. The number of aromatic nitrogens is 5. The minimum absolute atomic E-state index is 0.0859. The van der Waals surface area contributed by atoms with Crippen molar-refractivity contribution in [3.63, 3.8) is 0 Å². The number of ether oxygens (including phenoxy) is 2. The average Bonchev–Trinajstić information content (AvgIpc) is 3.53. The van der Waals surface area contributed by atoms with E-state index in [-0.39, 0.29) is 11.7 Å². The van der Waals surface area contributed by atoms with Crippen molar-refractivity contribution in [1.82, 2.24) is 24.7 Å². The van der Waals surface area contributed by atoms with E-state index in [0.29, 0.717) is 23.5 Å². The van der Waals surface area contributed by atoms with Gasteiger partial charge in [0.15, 0.2) is 11.0 Å². The molecule has 1 unspecified atom stereocenters. The molecule has 0 radical (unpaired) electrons. The predicted octanol–water partition coefficient (Wildman–Crippen LogP) is 4.34. The standard InChI is InChI=1S/C23H25N5O3S2/c1-13-14(2)33-22-19(13)21(29)24-18(25-22)12-32-23-27-26-20(15-6-8-16(30-3)9-7-15)28(23)11-17-5-4-10-31-17/h6-9,17H,4-5,10-12H2,1-3H3,(H,24,25,29). The van der Waals surface area contributed by atoms with E-state index in [1.165, 1.54) is 11.8 Å². The molecule has 3 aromatic heterocycles. The maximum Gasteiger partial charge on any atom is 0.259 e. The first-order valence-electron chi connectivity index (χ1n) is 10.8. The second-order valence-corrected chi connectivity index (χ2v) is 10.2. The number of thiophene rings is 1. The first-order chi connectivity index (χ1) is 16.0. The molecule has 1 saturated heterocycles. The predicted molar refractivity (Wildman–Crippen MR) is 130 cm³/mol. The lowest BCUT2D eigenvalue weighted by atomic mass is 10.2. The number of rotatable bonds is 7. The Morgan fingerprint density at radius 2 is 2.09 bits per heavy atom. The maximum absolute atomic E-state index is 12.6. The van der Waals surface area contributed by atoms with Gasteiger partial charge in [0.2, 0.25) is 0 Å². The number of benzene rings is 1. The van der Waals surface area contributed by atoms with Crippen LogP contribution in [0.2, 0.25) is 0 Å². The number of hydrogen-bond acceptors (Lipinski definition) is 8. The lowest BCUT2D eigenvalue weighted by molar-refractivity contribution is 0.0953. The highest BCUT2D eigenvalue weighted by Gasteiger charge is 2.22. The summed E-state index contributed by atoms with van der Waals surface area (Å²) in [7, 11) is 1.65. The number of methoxy groups -OCH3 is 1. The quantitative estimate of drug-likeness (QED) is 0.391. The number of thioether (sulfide) groups is 1. The van der Waals surface area contributed by atoms with E-state index in [1.54, 1.807) is 18.4 Å². The molecular formula is C23H25N5O3S2. The summed E-state index contributed by atoms with van der Waals surface area (Å²) < 4.78 is 13.3. The zero-order chi connectivity index (χ0) is 22.9. The molecule has 5 rings (SSSR count). The fourth-order valence-corrected chi connectivity index (χ4v) is 5.87. The van der Waals surface area contributed by atoms with Crippen LogP contribution in [-0.2, 0) is 17.0 Å². The highest BCUT2D eigenvalue weighted by Crippen LogP contribution is 2.30. The van der Waals surface area contributed by atoms with Crippen molar-refractivity contribution in [1.29, 1.82) is 0 Å². The highest BCUT2D eigenvalue weighted by atomic mass is 32.2. The molecule has 33 heavy (non-hydrogen) atoms. The van der Waals surface area contributed by atoms with Crippen molar-refractivity contribution in [3.8, 4) is 17.1 Å². The SMILES string of the molecule is COc1ccc(-c2nnc(SCc3nc4sc(C)c(C)c4c(=O)[nH]3)n2CC2CCCO2)cc1. The van der Waals surface area contributed by atoms with E-state index in [0.717, 1.165) is 57.0 Å². The van der Waals surface area contributed by atoms with Crippen molar-refractivity contribution in [3.05, 3.63) is 50.9 Å². The second kappa shape index (κ2) is 9.28. The molecule has 172 valence electrons. The van der Waals surface area contributed by atoms with Gasteiger partial charge in [0.1, 0.15) is 16.4 Å². The van der Waals surface area contributed by atoms with Crippen LogP contribution in [0.5, 0.6) is 5.75 Å². The van der Waals surface area contributed by atoms with Crippen LogP contribution in [0.1, 0.15) is 29.1 Å². The summed E-state index contributed by atoms with van der Waals surface area (Å²) in [6.07, 6.45) is 2.23. The summed E-state index contributed by atoms with van der Waals surface area (Å²) in [5.74, 6) is 2.71. The molecule has 1 fully saturated rings. The van der Waals surface area contributed by atoms with Gasteiger partial charge in [-0.15, -0.1) is 21.5 Å². The van der Waals surface area contributed by atoms with Crippen LogP contribution >= 0.6 is 23.1 Å². The van der Waals surface area contributed by atoms with Gasteiger partial charge in [0.25, 0.3) is 5.56 Å². The third kappa shape index (κ3) is 4.42. The number of aryl methyl sites for hydroxylation is 2. The normalized spacial score (nSPS) is 16.0. The van der Waals surface area contributed by atoms with E-state index in [1.807, 2.05) is 38.1 Å². The largest absolute Gasteiger partial charge is 0.497 e. The van der Waals surface area contributed by atoms with Crippen LogP contribution in [0, 0.1) is 13.8 Å². The minimum Gasteiger partial charge on any atom is -0.497 e. The summed E-state index contributed by atoms with van der Waals surface area (Å²) in [5, 5.41) is 10.4. The Bertz CT molecular complexity index is 1340. The fourth-order valence-electron chi connectivity index (χ4n) is 4.01. The number of nitrogens with zero attached hydrogens (tertiary/aromatic N) is 4. The first kappa shape index (κ1) is 22.1. The number of fused-ring (bicyclic) bond motifs is 1. The van der Waals surface area contributed by atoms with Crippen molar-refractivity contribution < 1.29 is 9.47 Å². The van der Waals surface area contributed by atoms with Gasteiger partial charge in [-0.05, 0) is 56.5 Å². The van der Waals surface area contributed by atoms with E-state index in [9.17, 15) is 4.79 Å². The highest BCUT2D eigenvalue weighted by molar-refractivity contribution is 7.98. The number of H-pyrrole nitrogens is 1. The Morgan fingerprint density at radius 3 is 2.82 bits per heavy atom. The van der Waals surface area contributed by atoms with Crippen molar-refractivity contribution in [2.75, 3.05) is 13.7 Å². The first-order valence-corrected chi connectivity index (χ1v) is 12.6. The molecule has 0 aliphatic carbocycles. The molecule has 0 saturated carbocycles. The van der Waals surface area contributed by atoms with Gasteiger partial charge in [0.05, 0.1) is 30.9 Å². The Balaban J connectivity index is 1.44. The maximum atomic E-state index is 12.6. The Hall–Kier alpha value is -2.69. The van der Waals surface area contributed by atoms with Crippen LogP contribution in [-0.4, -0.2) is 44.6 Å².